The summed E-state index contributed by atoms with van der Waals surface area (Å²) in [6.45, 7) is 18.6. The van der Waals surface area contributed by atoms with E-state index in [0.29, 0.717) is 0 Å². The van der Waals surface area contributed by atoms with Crippen molar-refractivity contribution < 1.29 is 0 Å². The standard InChI is InChI=1S/C17H22.C2H6/c1-7-9-12(2)14(4)16(6)17-11-8-10-13(3)15(17)5;1-2/h7-11H,1H2,2-6H3;1-2H3/b12-9-,16-14+;. The first kappa shape index (κ1) is 17.4. The monoisotopic (exact) mass is 256 g/mol. The van der Waals surface area contributed by atoms with Crippen LogP contribution in [0.25, 0.3) is 5.57 Å². The molecule has 0 spiro atoms. The van der Waals surface area contributed by atoms with Crippen molar-refractivity contribution in [3.63, 3.8) is 0 Å². The van der Waals surface area contributed by atoms with Gasteiger partial charge in [0.2, 0.25) is 0 Å². The first-order valence-corrected chi connectivity index (χ1v) is 7.02. The van der Waals surface area contributed by atoms with Crippen LogP contribution in [-0.4, -0.2) is 0 Å². The van der Waals surface area contributed by atoms with Gasteiger partial charge in [-0.1, -0.05) is 50.8 Å². The highest BCUT2D eigenvalue weighted by atomic mass is 14.1. The van der Waals surface area contributed by atoms with Crippen molar-refractivity contribution in [1.29, 1.82) is 0 Å². The predicted molar refractivity (Wildman–Crippen MR) is 89.5 cm³/mol. The Morgan fingerprint density at radius 2 is 1.63 bits per heavy atom. The van der Waals surface area contributed by atoms with Gasteiger partial charge in [-0.25, -0.2) is 0 Å². The summed E-state index contributed by atoms with van der Waals surface area (Å²) in [5.74, 6) is 0. The molecule has 0 N–H and O–H groups in total. The van der Waals surface area contributed by atoms with E-state index in [2.05, 4.69) is 65.5 Å². The zero-order valence-electron chi connectivity index (χ0n) is 13.6. The van der Waals surface area contributed by atoms with Crippen LogP contribution in [0.3, 0.4) is 0 Å². The Labute approximate surface area is 119 Å². The van der Waals surface area contributed by atoms with E-state index in [4.69, 9.17) is 0 Å². The molecule has 0 aliphatic heterocycles. The van der Waals surface area contributed by atoms with Gasteiger partial charge < -0.3 is 0 Å². The third kappa shape index (κ3) is 4.55. The number of aryl methyl sites for hydroxylation is 1. The van der Waals surface area contributed by atoms with E-state index in [1.165, 1.54) is 33.4 Å². The summed E-state index contributed by atoms with van der Waals surface area (Å²) in [6.07, 6.45) is 3.90. The molecule has 0 heteroatoms. The Kier molecular flexibility index (Phi) is 7.83. The maximum absolute atomic E-state index is 3.75. The summed E-state index contributed by atoms with van der Waals surface area (Å²) in [4.78, 5) is 0. The second kappa shape index (κ2) is 8.53. The molecule has 0 atom stereocenters. The fourth-order valence-corrected chi connectivity index (χ4v) is 1.96. The van der Waals surface area contributed by atoms with Crippen LogP contribution in [0.1, 0.15) is 51.3 Å². The Hall–Kier alpha value is -1.56. The van der Waals surface area contributed by atoms with Crippen LogP contribution in [-0.2, 0) is 0 Å². The van der Waals surface area contributed by atoms with Crippen LogP contribution in [0.15, 0.2) is 48.1 Å². The molecule has 0 saturated heterocycles. The highest BCUT2D eigenvalue weighted by Gasteiger charge is 2.06. The second-order valence-corrected chi connectivity index (χ2v) is 4.58. The first-order valence-electron chi connectivity index (χ1n) is 7.02. The fraction of sp³-hybridized carbons (Fsp3) is 0.368. The quantitative estimate of drug-likeness (QED) is 0.560. The number of hydrogen-bond acceptors (Lipinski definition) is 0. The lowest BCUT2D eigenvalue weighted by Crippen LogP contribution is -1.92. The van der Waals surface area contributed by atoms with Gasteiger partial charge in [0.15, 0.2) is 0 Å². The predicted octanol–water partition coefficient (Wildman–Crippen LogP) is 6.26. The Morgan fingerprint density at radius 3 is 2.16 bits per heavy atom. The first-order chi connectivity index (χ1) is 8.99. The van der Waals surface area contributed by atoms with E-state index in [1.54, 1.807) is 0 Å². The Bertz CT molecular complexity index is 485. The summed E-state index contributed by atoms with van der Waals surface area (Å²) >= 11 is 0. The van der Waals surface area contributed by atoms with Crippen LogP contribution >= 0.6 is 0 Å². The minimum absolute atomic E-state index is 1.28. The van der Waals surface area contributed by atoms with Crippen molar-refractivity contribution in [1.82, 2.24) is 0 Å². The van der Waals surface area contributed by atoms with Gasteiger partial charge in [-0.15, -0.1) is 0 Å². The average molecular weight is 256 g/mol. The van der Waals surface area contributed by atoms with E-state index >= 15 is 0 Å². The normalized spacial score (nSPS) is 12.3. The summed E-state index contributed by atoms with van der Waals surface area (Å²) in [6, 6.07) is 6.48. The van der Waals surface area contributed by atoms with E-state index in [0.717, 1.165) is 0 Å². The SMILES string of the molecule is C=C/C=C(C)\C(C)=C(/C)c1cccc(C)c1C.CC. The van der Waals surface area contributed by atoms with Gasteiger partial charge in [0.05, 0.1) is 0 Å². The van der Waals surface area contributed by atoms with E-state index in [1.807, 2.05) is 19.9 Å². The van der Waals surface area contributed by atoms with Gasteiger partial charge in [-0.05, 0) is 68.0 Å². The van der Waals surface area contributed by atoms with Crippen LogP contribution in [0, 0.1) is 13.8 Å². The van der Waals surface area contributed by atoms with Crippen molar-refractivity contribution in [3.05, 3.63) is 64.8 Å². The van der Waals surface area contributed by atoms with Crippen LogP contribution in [0.4, 0.5) is 0 Å². The summed E-state index contributed by atoms with van der Waals surface area (Å²) in [7, 11) is 0. The van der Waals surface area contributed by atoms with Gasteiger partial charge in [-0.3, -0.25) is 0 Å². The lowest BCUT2D eigenvalue weighted by atomic mass is 9.92. The molecule has 0 nitrogen and oxygen atoms in total. The number of rotatable bonds is 3. The fourth-order valence-electron chi connectivity index (χ4n) is 1.96. The molecule has 0 bridgehead atoms. The van der Waals surface area contributed by atoms with Crippen molar-refractivity contribution in [2.24, 2.45) is 0 Å². The number of benzene rings is 1. The topological polar surface area (TPSA) is 0 Å². The second-order valence-electron chi connectivity index (χ2n) is 4.58. The van der Waals surface area contributed by atoms with Crippen LogP contribution in [0.2, 0.25) is 0 Å². The highest BCUT2D eigenvalue weighted by molar-refractivity contribution is 5.73. The molecule has 1 aromatic carbocycles. The van der Waals surface area contributed by atoms with E-state index < -0.39 is 0 Å². The molecule has 0 heterocycles. The van der Waals surface area contributed by atoms with Gasteiger partial charge >= 0.3 is 0 Å². The van der Waals surface area contributed by atoms with E-state index in [9.17, 15) is 0 Å². The molecule has 0 saturated carbocycles. The van der Waals surface area contributed by atoms with E-state index in [-0.39, 0.29) is 0 Å². The molecular weight excluding hydrogens is 228 g/mol. The van der Waals surface area contributed by atoms with Crippen molar-refractivity contribution >= 4 is 5.57 Å². The lowest BCUT2D eigenvalue weighted by Gasteiger charge is -2.13. The maximum Gasteiger partial charge on any atom is -0.0193 e. The smallest absolute Gasteiger partial charge is 0.0193 e. The molecule has 0 aliphatic carbocycles. The van der Waals surface area contributed by atoms with Crippen molar-refractivity contribution in [3.8, 4) is 0 Å². The molecule has 104 valence electrons. The molecule has 0 aliphatic rings. The summed E-state index contributed by atoms with van der Waals surface area (Å²) in [5.41, 5.74) is 8.02. The number of hydrogen-bond donors (Lipinski definition) is 0. The maximum atomic E-state index is 3.75. The van der Waals surface area contributed by atoms with Crippen molar-refractivity contribution in [2.45, 2.75) is 48.5 Å². The molecule has 0 fully saturated rings. The Morgan fingerprint density at radius 1 is 1.05 bits per heavy atom. The van der Waals surface area contributed by atoms with Gasteiger partial charge in [0, 0.05) is 0 Å². The zero-order valence-corrected chi connectivity index (χ0v) is 13.6. The Balaban J connectivity index is 0.00000154. The van der Waals surface area contributed by atoms with Gasteiger partial charge in [0.25, 0.3) is 0 Å². The van der Waals surface area contributed by atoms with Gasteiger partial charge in [-0.2, -0.15) is 0 Å². The van der Waals surface area contributed by atoms with Crippen molar-refractivity contribution in [2.75, 3.05) is 0 Å². The van der Waals surface area contributed by atoms with Crippen LogP contribution < -0.4 is 0 Å². The third-order valence-electron chi connectivity index (χ3n) is 3.53. The van der Waals surface area contributed by atoms with Crippen LogP contribution in [0.5, 0.6) is 0 Å². The minimum Gasteiger partial charge on any atom is -0.0991 e. The average Bonchev–Trinajstić information content (AvgIpc) is 2.43. The van der Waals surface area contributed by atoms with Gasteiger partial charge in [0.1, 0.15) is 0 Å². The minimum atomic E-state index is 1.28. The lowest BCUT2D eigenvalue weighted by molar-refractivity contribution is 1.28. The molecule has 0 aromatic heterocycles. The summed E-state index contributed by atoms with van der Waals surface area (Å²) < 4.78 is 0. The third-order valence-corrected chi connectivity index (χ3v) is 3.53. The largest absolute Gasteiger partial charge is 0.0991 e. The molecule has 0 unspecified atom stereocenters. The zero-order chi connectivity index (χ0) is 15.0. The molecule has 0 radical (unpaired) electrons. The summed E-state index contributed by atoms with van der Waals surface area (Å²) in [5, 5.41) is 0. The molecule has 1 rings (SSSR count). The molecule has 1 aromatic rings. The molecule has 0 amide bonds. The molecular formula is C19H28. The number of allylic oxidation sites excluding steroid dienone is 5. The molecule has 19 heavy (non-hydrogen) atoms. The highest BCUT2D eigenvalue weighted by Crippen LogP contribution is 2.26.